The summed E-state index contributed by atoms with van der Waals surface area (Å²) in [5, 5.41) is 0. The molecule has 1 amide bonds. The van der Waals surface area contributed by atoms with Crippen LogP contribution in [0.5, 0.6) is 0 Å². The van der Waals surface area contributed by atoms with Gasteiger partial charge < -0.3 is 15.2 Å². The number of hydrogen-bond donors (Lipinski definition) is 1. The summed E-state index contributed by atoms with van der Waals surface area (Å²) in [5.41, 5.74) is 6.39. The number of hydrogen-bond acceptors (Lipinski definition) is 4. The van der Waals surface area contributed by atoms with E-state index in [1.165, 1.54) is 0 Å². The van der Waals surface area contributed by atoms with Crippen LogP contribution < -0.4 is 5.73 Å². The van der Waals surface area contributed by atoms with E-state index < -0.39 is 5.54 Å². The molecule has 1 aromatic rings. The Morgan fingerprint density at radius 1 is 1.45 bits per heavy atom. The Morgan fingerprint density at radius 2 is 2.15 bits per heavy atom. The second kappa shape index (κ2) is 6.24. The first-order valence-electron chi connectivity index (χ1n) is 6.80. The predicted molar refractivity (Wildman–Crippen MR) is 76.2 cm³/mol. The predicted octanol–water partition coefficient (Wildman–Crippen LogP) is 1.76. The fourth-order valence-corrected chi connectivity index (χ4v) is 2.53. The maximum atomic E-state index is 12.2. The Bertz CT molecular complexity index is 452. The molecule has 1 aromatic carbocycles. The standard InChI is InChI=1S/C15H22N2O3/c1-15(11-16)8-13(19-2)9-17(15)14(18)20-10-12-6-4-3-5-7-12/h3-7,13H,8-11,16H2,1-2H3/t13-,15+/m1/s1. The first-order chi connectivity index (χ1) is 9.59. The third-order valence-electron chi connectivity index (χ3n) is 3.90. The van der Waals surface area contributed by atoms with Crippen molar-refractivity contribution in [3.63, 3.8) is 0 Å². The van der Waals surface area contributed by atoms with Crippen LogP contribution >= 0.6 is 0 Å². The number of ether oxygens (including phenoxy) is 2. The zero-order valence-corrected chi connectivity index (χ0v) is 12.0. The molecule has 0 spiro atoms. The zero-order chi connectivity index (χ0) is 14.6. The number of nitrogens with two attached hydrogens (primary N) is 1. The lowest BCUT2D eigenvalue weighted by Crippen LogP contribution is -2.50. The lowest BCUT2D eigenvalue weighted by Gasteiger charge is -2.32. The van der Waals surface area contributed by atoms with Crippen molar-refractivity contribution in [2.45, 2.75) is 31.6 Å². The fraction of sp³-hybridized carbons (Fsp3) is 0.533. The summed E-state index contributed by atoms with van der Waals surface area (Å²) in [6.45, 7) is 3.16. The van der Waals surface area contributed by atoms with Gasteiger partial charge in [-0.3, -0.25) is 4.90 Å². The van der Waals surface area contributed by atoms with E-state index in [1.807, 2.05) is 37.3 Å². The molecule has 0 saturated carbocycles. The van der Waals surface area contributed by atoms with Crippen LogP contribution in [0.15, 0.2) is 30.3 Å². The minimum atomic E-state index is -0.394. The van der Waals surface area contributed by atoms with Gasteiger partial charge in [0.2, 0.25) is 0 Å². The van der Waals surface area contributed by atoms with E-state index in [4.69, 9.17) is 15.2 Å². The molecular formula is C15H22N2O3. The number of likely N-dealkylation sites (tertiary alicyclic amines) is 1. The van der Waals surface area contributed by atoms with Gasteiger partial charge in [0.1, 0.15) is 6.61 Å². The molecule has 1 saturated heterocycles. The van der Waals surface area contributed by atoms with Gasteiger partial charge in [-0.1, -0.05) is 30.3 Å². The van der Waals surface area contributed by atoms with E-state index in [9.17, 15) is 4.79 Å². The van der Waals surface area contributed by atoms with E-state index in [0.717, 1.165) is 12.0 Å². The average Bonchev–Trinajstić information content (AvgIpc) is 2.84. The second-order valence-corrected chi connectivity index (χ2v) is 5.41. The molecule has 0 aliphatic carbocycles. The van der Waals surface area contributed by atoms with Gasteiger partial charge in [-0.15, -0.1) is 0 Å². The van der Waals surface area contributed by atoms with Crippen LogP contribution in [-0.4, -0.2) is 42.8 Å². The van der Waals surface area contributed by atoms with Crippen LogP contribution in [0.1, 0.15) is 18.9 Å². The van der Waals surface area contributed by atoms with Crippen molar-refractivity contribution in [1.29, 1.82) is 0 Å². The molecular weight excluding hydrogens is 256 g/mol. The monoisotopic (exact) mass is 278 g/mol. The number of carbonyl (C=O) groups is 1. The molecule has 2 N–H and O–H groups in total. The number of nitrogens with zero attached hydrogens (tertiary/aromatic N) is 1. The smallest absolute Gasteiger partial charge is 0.410 e. The molecule has 1 heterocycles. The molecule has 0 radical (unpaired) electrons. The highest BCUT2D eigenvalue weighted by Crippen LogP contribution is 2.30. The summed E-state index contributed by atoms with van der Waals surface area (Å²) < 4.78 is 10.7. The molecule has 2 atom stereocenters. The molecule has 110 valence electrons. The average molecular weight is 278 g/mol. The lowest BCUT2D eigenvalue weighted by atomic mass is 9.99. The van der Waals surface area contributed by atoms with Crippen molar-refractivity contribution in [3.05, 3.63) is 35.9 Å². The Hall–Kier alpha value is -1.59. The van der Waals surface area contributed by atoms with Gasteiger partial charge >= 0.3 is 6.09 Å². The topological polar surface area (TPSA) is 64.8 Å². The highest BCUT2D eigenvalue weighted by molar-refractivity contribution is 5.69. The molecule has 1 aliphatic rings. The molecule has 1 fully saturated rings. The van der Waals surface area contributed by atoms with Gasteiger partial charge in [-0.05, 0) is 18.9 Å². The van der Waals surface area contributed by atoms with Crippen LogP contribution in [0, 0.1) is 0 Å². The van der Waals surface area contributed by atoms with Crippen molar-refractivity contribution >= 4 is 6.09 Å². The van der Waals surface area contributed by atoms with Crippen LogP contribution in [0.4, 0.5) is 4.79 Å². The first-order valence-corrected chi connectivity index (χ1v) is 6.80. The van der Waals surface area contributed by atoms with Crippen LogP contribution in [0.2, 0.25) is 0 Å². The summed E-state index contributed by atoms with van der Waals surface area (Å²) in [6, 6.07) is 9.63. The van der Waals surface area contributed by atoms with Crippen LogP contribution in [0.25, 0.3) is 0 Å². The Kier molecular flexibility index (Phi) is 4.62. The van der Waals surface area contributed by atoms with Gasteiger partial charge in [0, 0.05) is 13.7 Å². The number of carbonyl (C=O) groups excluding carboxylic acids is 1. The third-order valence-corrected chi connectivity index (χ3v) is 3.90. The summed E-state index contributed by atoms with van der Waals surface area (Å²) in [6.07, 6.45) is 0.426. The van der Waals surface area contributed by atoms with E-state index in [2.05, 4.69) is 0 Å². The normalized spacial score (nSPS) is 25.8. The molecule has 0 aromatic heterocycles. The first kappa shape index (κ1) is 14.8. The number of amides is 1. The van der Waals surface area contributed by atoms with Crippen molar-refractivity contribution in [2.24, 2.45) is 5.73 Å². The zero-order valence-electron chi connectivity index (χ0n) is 12.0. The SMILES string of the molecule is CO[C@H]1CN(C(=O)OCc2ccccc2)[C@](C)(CN)C1. The van der Waals surface area contributed by atoms with Crippen molar-refractivity contribution < 1.29 is 14.3 Å². The quantitative estimate of drug-likeness (QED) is 0.911. The Morgan fingerprint density at radius 3 is 2.75 bits per heavy atom. The minimum absolute atomic E-state index is 0.0211. The molecule has 0 unspecified atom stereocenters. The van der Waals surface area contributed by atoms with Gasteiger partial charge in [0.25, 0.3) is 0 Å². The molecule has 0 bridgehead atoms. The van der Waals surface area contributed by atoms with Gasteiger partial charge in [-0.25, -0.2) is 4.79 Å². The Labute approximate surface area is 119 Å². The highest BCUT2D eigenvalue weighted by atomic mass is 16.6. The minimum Gasteiger partial charge on any atom is -0.445 e. The molecule has 5 heteroatoms. The summed E-state index contributed by atoms with van der Waals surface area (Å²) >= 11 is 0. The summed E-state index contributed by atoms with van der Waals surface area (Å²) in [7, 11) is 1.65. The molecule has 20 heavy (non-hydrogen) atoms. The van der Waals surface area contributed by atoms with E-state index in [0.29, 0.717) is 13.1 Å². The highest BCUT2D eigenvalue weighted by Gasteiger charge is 2.44. The number of methoxy groups -OCH3 is 1. The molecule has 2 rings (SSSR count). The number of benzene rings is 1. The van der Waals surface area contributed by atoms with E-state index in [1.54, 1.807) is 12.0 Å². The number of rotatable bonds is 4. The van der Waals surface area contributed by atoms with Gasteiger partial charge in [0.05, 0.1) is 18.2 Å². The third kappa shape index (κ3) is 3.11. The van der Waals surface area contributed by atoms with Crippen LogP contribution in [0.3, 0.4) is 0 Å². The van der Waals surface area contributed by atoms with Gasteiger partial charge in [0.15, 0.2) is 0 Å². The van der Waals surface area contributed by atoms with Crippen molar-refractivity contribution in [3.8, 4) is 0 Å². The molecule has 1 aliphatic heterocycles. The maximum absolute atomic E-state index is 12.2. The lowest BCUT2D eigenvalue weighted by molar-refractivity contribution is 0.0683. The van der Waals surface area contributed by atoms with Crippen LogP contribution in [-0.2, 0) is 16.1 Å². The van der Waals surface area contributed by atoms with Crippen molar-refractivity contribution in [2.75, 3.05) is 20.2 Å². The largest absolute Gasteiger partial charge is 0.445 e. The summed E-state index contributed by atoms with van der Waals surface area (Å²) in [4.78, 5) is 13.9. The fourth-order valence-electron chi connectivity index (χ4n) is 2.53. The van der Waals surface area contributed by atoms with Gasteiger partial charge in [-0.2, -0.15) is 0 Å². The maximum Gasteiger partial charge on any atom is 0.410 e. The second-order valence-electron chi connectivity index (χ2n) is 5.41. The van der Waals surface area contributed by atoms with Crippen molar-refractivity contribution in [1.82, 2.24) is 4.90 Å². The van der Waals surface area contributed by atoms with E-state index >= 15 is 0 Å². The molecule has 5 nitrogen and oxygen atoms in total. The summed E-state index contributed by atoms with van der Waals surface area (Å²) in [5.74, 6) is 0. The van der Waals surface area contributed by atoms with E-state index in [-0.39, 0.29) is 18.8 Å². The Balaban J connectivity index is 1.97.